The van der Waals surface area contributed by atoms with Crippen molar-refractivity contribution in [2.45, 2.75) is 42.1 Å². The van der Waals surface area contributed by atoms with Crippen LogP contribution in [-0.4, -0.2) is 14.8 Å². The lowest BCUT2D eigenvalue weighted by Gasteiger charge is -2.44. The molecule has 6 aromatic rings. The van der Waals surface area contributed by atoms with Gasteiger partial charge in [0.15, 0.2) is 0 Å². The fraction of sp³-hybridized carbons (Fsp3) is 0.128. The van der Waals surface area contributed by atoms with Gasteiger partial charge in [0.2, 0.25) is 6.71 Å². The molecule has 0 saturated carbocycles. The van der Waals surface area contributed by atoms with Crippen LogP contribution in [0.4, 0.5) is 17.1 Å². The summed E-state index contributed by atoms with van der Waals surface area (Å²) in [6, 6.07) is 44.3. The molecule has 5 aromatic carbocycles. The molecule has 3 aliphatic rings. The van der Waals surface area contributed by atoms with Gasteiger partial charge in [0.1, 0.15) is 19.4 Å². The monoisotopic (exact) mass is 601 g/mol. The Hall–Kier alpha value is -4.19. The molecule has 44 heavy (non-hydrogen) atoms. The Morgan fingerprint density at radius 2 is 1.34 bits per heavy atom. The van der Waals surface area contributed by atoms with Crippen LogP contribution in [0.15, 0.2) is 141 Å². The summed E-state index contributed by atoms with van der Waals surface area (Å²) < 4.78 is 6.87. The second kappa shape index (κ2) is 9.16. The summed E-state index contributed by atoms with van der Waals surface area (Å²) >= 11 is 1.94. The van der Waals surface area contributed by atoms with Crippen LogP contribution in [0.3, 0.4) is 0 Å². The number of allylic oxidation sites excluding steroid dienone is 1. The van der Waals surface area contributed by atoms with Gasteiger partial charge in [-0.25, -0.2) is 0 Å². The zero-order valence-corrected chi connectivity index (χ0v) is 27.2. The quantitative estimate of drug-likeness (QED) is 0.189. The number of para-hydroxylation sites is 3. The van der Waals surface area contributed by atoms with Gasteiger partial charge < -0.3 is 9.32 Å². The van der Waals surface area contributed by atoms with Crippen molar-refractivity contribution >= 4 is 76.3 Å². The molecule has 212 valence electrons. The molecule has 5 heteroatoms. The highest BCUT2D eigenvalue weighted by atomic mass is 32.2. The van der Waals surface area contributed by atoms with E-state index in [0.717, 1.165) is 22.7 Å². The Morgan fingerprint density at radius 1 is 0.705 bits per heavy atom. The van der Waals surface area contributed by atoms with Crippen molar-refractivity contribution in [3.8, 4) is 0 Å². The second-order valence-corrected chi connectivity index (χ2v) is 18.7. The predicted molar refractivity (Wildman–Crippen MR) is 190 cm³/mol. The lowest BCUT2D eigenvalue weighted by atomic mass is 9.35. The van der Waals surface area contributed by atoms with Crippen molar-refractivity contribution in [3.05, 3.63) is 138 Å². The first kappa shape index (κ1) is 26.2. The third-order valence-corrected chi connectivity index (χ3v) is 14.9. The van der Waals surface area contributed by atoms with E-state index in [2.05, 4.69) is 153 Å². The first-order chi connectivity index (χ1) is 21.4. The van der Waals surface area contributed by atoms with Crippen molar-refractivity contribution in [2.24, 2.45) is 0 Å². The summed E-state index contributed by atoms with van der Waals surface area (Å²) in [7, 11) is -2.11. The number of rotatable bonds is 3. The highest BCUT2D eigenvalue weighted by Gasteiger charge is 2.57. The molecule has 0 unspecified atom stereocenters. The zero-order chi connectivity index (χ0) is 29.8. The van der Waals surface area contributed by atoms with Crippen LogP contribution >= 0.6 is 11.8 Å². The highest BCUT2D eigenvalue weighted by Crippen LogP contribution is 2.54. The molecule has 0 saturated heterocycles. The fourth-order valence-corrected chi connectivity index (χ4v) is 13.5. The van der Waals surface area contributed by atoms with Gasteiger partial charge >= 0.3 is 0 Å². The molecule has 3 aliphatic heterocycles. The smallest absolute Gasteiger partial charge is 0.237 e. The molecule has 0 aliphatic carbocycles. The van der Waals surface area contributed by atoms with E-state index >= 15 is 0 Å². The standard InChI is InChI=1S/C39H32BNOSSi/c1-39(2)29-23-27(41(25-15-7-5-8-16-25)26-17-9-6-10-18-26)24-33-35(29)40(30-20-12-14-22-32(30)43-33)38-34(39)36-37(44(38,3)4)28-19-11-13-21-31(28)42-36/h5-24H,1-4H3. The number of fused-ring (bicyclic) bond motifs is 7. The Kier molecular flexibility index (Phi) is 5.46. The molecule has 4 heterocycles. The minimum Gasteiger partial charge on any atom is -0.457 e. The fourth-order valence-electron chi connectivity index (χ4n) is 8.30. The normalized spacial score (nSPS) is 16.8. The van der Waals surface area contributed by atoms with E-state index in [0.29, 0.717) is 0 Å². The molecule has 0 bridgehead atoms. The molecule has 2 nitrogen and oxygen atoms in total. The molecule has 0 atom stereocenters. The maximum Gasteiger partial charge on any atom is 0.237 e. The Morgan fingerprint density at radius 3 is 2.07 bits per heavy atom. The molecule has 1 aromatic heterocycles. The number of anilines is 3. The predicted octanol–water partition coefficient (Wildman–Crippen LogP) is 8.73. The Balaban J connectivity index is 1.36. The molecule has 0 radical (unpaired) electrons. The van der Waals surface area contributed by atoms with E-state index in [-0.39, 0.29) is 12.1 Å². The Bertz CT molecular complexity index is 2130. The van der Waals surface area contributed by atoms with E-state index < -0.39 is 8.07 Å². The molecular formula is C39H32BNOSSi. The minimum absolute atomic E-state index is 0.235. The van der Waals surface area contributed by atoms with Crippen molar-refractivity contribution in [2.75, 3.05) is 4.90 Å². The maximum atomic E-state index is 6.87. The molecular weight excluding hydrogens is 569 g/mol. The van der Waals surface area contributed by atoms with Crippen LogP contribution in [-0.2, 0) is 5.41 Å². The Labute approximate surface area is 264 Å². The van der Waals surface area contributed by atoms with Gasteiger partial charge in [-0.3, -0.25) is 0 Å². The number of hydrogen-bond donors (Lipinski definition) is 0. The molecule has 0 amide bonds. The SMILES string of the molecule is CC1(C)C2=C(B3c4ccccc4Sc4cc(N(c5ccccc5)c5ccccc5)cc1c43)[Si](C)(C)c1c2oc2ccccc12. The summed E-state index contributed by atoms with van der Waals surface area (Å²) in [4.78, 5) is 5.15. The minimum atomic E-state index is -2.11. The van der Waals surface area contributed by atoms with Gasteiger partial charge in [-0.1, -0.05) is 128 Å². The lowest BCUT2D eigenvalue weighted by molar-refractivity contribution is 0.577. The van der Waals surface area contributed by atoms with Crippen molar-refractivity contribution in [3.63, 3.8) is 0 Å². The van der Waals surface area contributed by atoms with Crippen LogP contribution in [0.2, 0.25) is 13.1 Å². The van der Waals surface area contributed by atoms with Crippen LogP contribution < -0.4 is 21.0 Å². The second-order valence-electron chi connectivity index (χ2n) is 13.3. The molecule has 9 rings (SSSR count). The summed E-state index contributed by atoms with van der Waals surface area (Å²) in [6.45, 7) is 10.2. The van der Waals surface area contributed by atoms with Crippen molar-refractivity contribution in [1.82, 2.24) is 0 Å². The van der Waals surface area contributed by atoms with Crippen LogP contribution in [0.25, 0.3) is 16.5 Å². The summed E-state index contributed by atoms with van der Waals surface area (Å²) in [5.41, 5.74) is 10.1. The van der Waals surface area contributed by atoms with Crippen molar-refractivity contribution in [1.29, 1.82) is 0 Å². The summed E-state index contributed by atoms with van der Waals surface area (Å²) in [6.07, 6.45) is 0. The van der Waals surface area contributed by atoms with Crippen LogP contribution in [0, 0.1) is 0 Å². The van der Waals surface area contributed by atoms with Gasteiger partial charge in [-0.2, -0.15) is 0 Å². The first-order valence-corrected chi connectivity index (χ1v) is 19.3. The van der Waals surface area contributed by atoms with Gasteiger partial charge in [0.25, 0.3) is 0 Å². The first-order valence-electron chi connectivity index (χ1n) is 15.5. The van der Waals surface area contributed by atoms with Crippen molar-refractivity contribution < 1.29 is 4.42 Å². The average molecular weight is 602 g/mol. The van der Waals surface area contributed by atoms with Gasteiger partial charge in [-0.05, 0) is 64.9 Å². The number of furan rings is 1. The maximum absolute atomic E-state index is 6.87. The van der Waals surface area contributed by atoms with E-state index in [1.54, 1.807) is 5.10 Å². The third kappa shape index (κ3) is 3.45. The van der Waals surface area contributed by atoms with E-state index in [4.69, 9.17) is 4.42 Å². The topological polar surface area (TPSA) is 16.4 Å². The van der Waals surface area contributed by atoms with E-state index in [1.165, 1.54) is 48.1 Å². The van der Waals surface area contributed by atoms with Gasteiger partial charge in [-0.15, -0.1) is 0 Å². The average Bonchev–Trinajstić information content (AvgIpc) is 3.53. The largest absolute Gasteiger partial charge is 0.457 e. The molecule has 0 spiro atoms. The van der Waals surface area contributed by atoms with Gasteiger partial charge in [0.05, 0.1) is 0 Å². The highest BCUT2D eigenvalue weighted by molar-refractivity contribution is 8.00. The van der Waals surface area contributed by atoms with Crippen LogP contribution in [0.5, 0.6) is 0 Å². The lowest BCUT2D eigenvalue weighted by Crippen LogP contribution is -2.60. The number of hydrogen-bond acceptors (Lipinski definition) is 3. The summed E-state index contributed by atoms with van der Waals surface area (Å²) in [5.74, 6) is 1.14. The van der Waals surface area contributed by atoms with E-state index in [9.17, 15) is 0 Å². The molecule has 0 N–H and O–H groups in total. The third-order valence-electron chi connectivity index (χ3n) is 10.1. The van der Waals surface area contributed by atoms with Gasteiger partial charge in [0, 0.05) is 37.7 Å². The zero-order valence-electron chi connectivity index (χ0n) is 25.4. The molecule has 0 fully saturated rings. The van der Waals surface area contributed by atoms with Crippen LogP contribution in [0.1, 0.15) is 25.2 Å². The van der Waals surface area contributed by atoms with E-state index in [1.807, 2.05) is 11.8 Å². The summed E-state index contributed by atoms with van der Waals surface area (Å²) in [5, 5.41) is 4.41. The number of nitrogens with zero attached hydrogens (tertiary/aromatic N) is 1. The number of benzene rings is 5.